The number of halogens is 3. The number of sulfonamides is 1. The number of hydrogen-bond acceptors (Lipinski definition) is 6. The van der Waals surface area contributed by atoms with E-state index in [0.717, 1.165) is 21.5 Å². The highest BCUT2D eigenvalue weighted by Gasteiger charge is 2.34. The van der Waals surface area contributed by atoms with Crippen LogP contribution in [0.15, 0.2) is 52.5 Å². The normalized spacial score (nSPS) is 16.1. The van der Waals surface area contributed by atoms with Crippen molar-refractivity contribution >= 4 is 33.4 Å². The fourth-order valence-electron chi connectivity index (χ4n) is 3.16. The molecule has 1 aromatic carbocycles. The maximum Gasteiger partial charge on any atom is 0.573 e. The lowest BCUT2D eigenvalue weighted by Crippen LogP contribution is -2.41. The van der Waals surface area contributed by atoms with Gasteiger partial charge in [-0.2, -0.15) is 4.31 Å². The maximum absolute atomic E-state index is 12.8. The third-order valence-corrected chi connectivity index (χ3v) is 7.27. The van der Waals surface area contributed by atoms with Crippen molar-refractivity contribution in [2.75, 3.05) is 24.7 Å². The van der Waals surface area contributed by atoms with Crippen molar-refractivity contribution < 1.29 is 31.1 Å². The van der Waals surface area contributed by atoms with E-state index in [4.69, 9.17) is 0 Å². The van der Waals surface area contributed by atoms with Crippen molar-refractivity contribution in [3.05, 3.63) is 42.6 Å². The lowest BCUT2D eigenvalue weighted by molar-refractivity contribution is -0.274. The van der Waals surface area contributed by atoms with Gasteiger partial charge in [0.15, 0.2) is 0 Å². The van der Waals surface area contributed by atoms with Crippen molar-refractivity contribution in [2.45, 2.75) is 29.1 Å². The Bertz CT molecular complexity index is 1020. The van der Waals surface area contributed by atoms with Crippen molar-refractivity contribution in [3.8, 4) is 5.75 Å². The number of amides is 1. The van der Waals surface area contributed by atoms with Crippen molar-refractivity contribution in [1.29, 1.82) is 0 Å². The predicted molar refractivity (Wildman–Crippen MR) is 109 cm³/mol. The van der Waals surface area contributed by atoms with Crippen LogP contribution in [0.3, 0.4) is 0 Å². The summed E-state index contributed by atoms with van der Waals surface area (Å²) in [6.45, 7) is 0.156. The van der Waals surface area contributed by atoms with E-state index < -0.39 is 22.1 Å². The Balaban J connectivity index is 1.61. The average molecular weight is 476 g/mol. The number of alkyl halides is 3. The Morgan fingerprint density at radius 1 is 1.23 bits per heavy atom. The molecule has 0 atom stereocenters. The smallest absolute Gasteiger partial charge is 0.406 e. The van der Waals surface area contributed by atoms with Gasteiger partial charge in [-0.25, -0.2) is 13.4 Å². The fourth-order valence-corrected chi connectivity index (χ4v) is 5.03. The molecular weight excluding hydrogens is 455 g/mol. The molecule has 12 heteroatoms. The molecule has 2 aromatic rings. The highest BCUT2D eigenvalue weighted by Crippen LogP contribution is 2.29. The molecule has 0 aliphatic carbocycles. The molecule has 0 saturated carbocycles. The lowest BCUT2D eigenvalue weighted by Gasteiger charge is -2.30. The van der Waals surface area contributed by atoms with Crippen LogP contribution in [0.4, 0.5) is 18.9 Å². The molecule has 1 aromatic heterocycles. The van der Waals surface area contributed by atoms with Crippen LogP contribution in [0.2, 0.25) is 0 Å². The number of nitrogens with zero attached hydrogens (tertiary/aromatic N) is 2. The summed E-state index contributed by atoms with van der Waals surface area (Å²) in [5.74, 6) is -1.22. The van der Waals surface area contributed by atoms with Gasteiger partial charge in [-0.05, 0) is 43.4 Å². The van der Waals surface area contributed by atoms with Gasteiger partial charge in [-0.1, -0.05) is 6.07 Å². The minimum Gasteiger partial charge on any atom is -0.406 e. The van der Waals surface area contributed by atoms with E-state index in [-0.39, 0.29) is 29.8 Å². The van der Waals surface area contributed by atoms with Gasteiger partial charge in [0, 0.05) is 25.1 Å². The van der Waals surface area contributed by atoms with E-state index in [9.17, 15) is 26.4 Å². The number of piperidine rings is 1. The second kappa shape index (κ2) is 9.45. The lowest BCUT2D eigenvalue weighted by atomic mass is 9.97. The number of nitrogens with one attached hydrogen (secondary N) is 1. The molecule has 1 aliphatic rings. The molecular formula is C19H20F3N3O4S2. The Kier molecular flexibility index (Phi) is 7.12. The first-order chi connectivity index (χ1) is 14.6. The van der Waals surface area contributed by atoms with Gasteiger partial charge in [0.25, 0.3) is 0 Å². The van der Waals surface area contributed by atoms with Crippen molar-refractivity contribution in [2.24, 2.45) is 5.92 Å². The summed E-state index contributed by atoms with van der Waals surface area (Å²) in [5, 5.41) is 3.60. The van der Waals surface area contributed by atoms with Gasteiger partial charge >= 0.3 is 6.36 Å². The average Bonchev–Trinajstić information content (AvgIpc) is 2.73. The molecule has 168 valence electrons. The summed E-state index contributed by atoms with van der Waals surface area (Å²) >= 11 is 1.48. The number of rotatable bonds is 6. The van der Waals surface area contributed by atoms with E-state index in [0.29, 0.717) is 18.5 Å². The van der Waals surface area contributed by atoms with Crippen LogP contribution in [-0.2, 0) is 14.8 Å². The standard InChI is InChI=1S/C19H20F3N3O4S2/c1-30-17-6-5-14(12-23-17)24-18(26)13-7-9-25(10-8-13)31(27,28)16-4-2-3-15(11-16)29-19(20,21)22/h2-6,11-13H,7-10H2,1H3,(H,24,26). The molecule has 0 unspecified atom stereocenters. The number of anilines is 1. The third-order valence-electron chi connectivity index (χ3n) is 4.71. The highest BCUT2D eigenvalue weighted by molar-refractivity contribution is 7.98. The number of carbonyl (C=O) groups is 1. The molecule has 1 N–H and O–H groups in total. The number of hydrogen-bond donors (Lipinski definition) is 1. The van der Waals surface area contributed by atoms with Crippen LogP contribution in [0.5, 0.6) is 5.75 Å². The monoisotopic (exact) mass is 475 g/mol. The molecule has 1 aliphatic heterocycles. The zero-order valence-corrected chi connectivity index (χ0v) is 18.1. The molecule has 1 amide bonds. The second-order valence-corrected chi connectivity index (χ2v) is 9.54. The van der Waals surface area contributed by atoms with Gasteiger partial charge in [0.2, 0.25) is 15.9 Å². The van der Waals surface area contributed by atoms with Crippen LogP contribution in [0.1, 0.15) is 12.8 Å². The number of thioether (sulfide) groups is 1. The molecule has 0 spiro atoms. The van der Waals surface area contributed by atoms with Crippen LogP contribution in [0, 0.1) is 5.92 Å². The number of aromatic nitrogens is 1. The minimum absolute atomic E-state index is 0.0778. The largest absolute Gasteiger partial charge is 0.573 e. The first-order valence-electron chi connectivity index (χ1n) is 9.25. The Hall–Kier alpha value is -2.31. The number of pyridine rings is 1. The maximum atomic E-state index is 12.8. The SMILES string of the molecule is CSc1ccc(NC(=O)C2CCN(S(=O)(=O)c3cccc(OC(F)(F)F)c3)CC2)cn1. The Morgan fingerprint density at radius 2 is 1.94 bits per heavy atom. The highest BCUT2D eigenvalue weighted by atomic mass is 32.2. The third kappa shape index (κ3) is 6.11. The van der Waals surface area contributed by atoms with E-state index in [1.165, 1.54) is 23.9 Å². The van der Waals surface area contributed by atoms with Crippen LogP contribution >= 0.6 is 11.8 Å². The summed E-state index contributed by atoms with van der Waals surface area (Å²) in [6.07, 6.45) is -0.888. The summed E-state index contributed by atoms with van der Waals surface area (Å²) in [5.41, 5.74) is 0.555. The first kappa shape index (κ1) is 23.4. The quantitative estimate of drug-likeness (QED) is 0.641. The molecule has 0 radical (unpaired) electrons. The van der Waals surface area contributed by atoms with Gasteiger partial charge < -0.3 is 10.1 Å². The first-order valence-corrected chi connectivity index (χ1v) is 11.9. The van der Waals surface area contributed by atoms with Gasteiger partial charge in [0.05, 0.1) is 21.8 Å². The molecule has 3 rings (SSSR count). The molecule has 1 saturated heterocycles. The van der Waals surface area contributed by atoms with Crippen LogP contribution in [0.25, 0.3) is 0 Å². The fraction of sp³-hybridized carbons (Fsp3) is 0.368. The molecule has 7 nitrogen and oxygen atoms in total. The van der Waals surface area contributed by atoms with E-state index in [2.05, 4.69) is 15.0 Å². The summed E-state index contributed by atoms with van der Waals surface area (Å²) < 4.78 is 67.8. The molecule has 0 bridgehead atoms. The van der Waals surface area contributed by atoms with E-state index >= 15 is 0 Å². The zero-order valence-electron chi connectivity index (χ0n) is 16.4. The molecule has 1 fully saturated rings. The Labute approximate surface area is 182 Å². The Morgan fingerprint density at radius 3 is 2.52 bits per heavy atom. The topological polar surface area (TPSA) is 88.6 Å². The number of carbonyl (C=O) groups excluding carboxylic acids is 1. The van der Waals surface area contributed by atoms with Crippen LogP contribution < -0.4 is 10.1 Å². The number of ether oxygens (including phenoxy) is 1. The second-order valence-electron chi connectivity index (χ2n) is 6.78. The van der Waals surface area contributed by atoms with Gasteiger partial charge in [-0.3, -0.25) is 4.79 Å². The van der Waals surface area contributed by atoms with E-state index in [1.54, 1.807) is 18.3 Å². The zero-order chi connectivity index (χ0) is 22.6. The minimum atomic E-state index is -4.92. The molecule has 2 heterocycles. The van der Waals surface area contributed by atoms with Crippen LogP contribution in [-0.4, -0.2) is 49.3 Å². The summed E-state index contributed by atoms with van der Waals surface area (Å²) in [7, 11) is -4.01. The van der Waals surface area contributed by atoms with Crippen molar-refractivity contribution in [1.82, 2.24) is 9.29 Å². The van der Waals surface area contributed by atoms with Gasteiger partial charge in [-0.15, -0.1) is 24.9 Å². The van der Waals surface area contributed by atoms with E-state index in [1.807, 2.05) is 6.26 Å². The van der Waals surface area contributed by atoms with Gasteiger partial charge in [0.1, 0.15) is 5.75 Å². The number of benzene rings is 1. The molecule has 31 heavy (non-hydrogen) atoms. The summed E-state index contributed by atoms with van der Waals surface area (Å²) in [6, 6.07) is 7.79. The van der Waals surface area contributed by atoms with Crippen molar-refractivity contribution in [3.63, 3.8) is 0 Å². The summed E-state index contributed by atoms with van der Waals surface area (Å²) in [4.78, 5) is 16.4. The predicted octanol–water partition coefficient (Wildman–Crippen LogP) is 3.74.